The molecule has 1 aromatic rings. The molecule has 2 N–H and O–H groups in total. The van der Waals surface area contributed by atoms with E-state index in [1.807, 2.05) is 0 Å². The Morgan fingerprint density at radius 2 is 2.10 bits per heavy atom. The molecule has 1 aromatic carbocycles. The molecule has 1 saturated carbocycles. The molecule has 7 heteroatoms. The molecule has 0 amide bonds. The third kappa shape index (κ3) is 4.20. The summed E-state index contributed by atoms with van der Waals surface area (Å²) in [6, 6.07) is 5.42. The van der Waals surface area contributed by atoms with Crippen molar-refractivity contribution in [2.75, 3.05) is 6.61 Å². The fraction of sp³-hybridized carbons (Fsp3) is 0.462. The molecule has 7 nitrogen and oxygen atoms in total. The molecule has 1 fully saturated rings. The molecule has 1 unspecified atom stereocenters. The van der Waals surface area contributed by atoms with Gasteiger partial charge in [-0.05, 0) is 25.0 Å². The highest BCUT2D eigenvalue weighted by Crippen LogP contribution is 2.20. The predicted molar refractivity (Wildman–Crippen MR) is 70.8 cm³/mol. The van der Waals surface area contributed by atoms with Crippen LogP contribution < -0.4 is 10.1 Å². The molecule has 108 valence electrons. The third-order valence-corrected chi connectivity index (χ3v) is 3.04. The number of hydrogen-bond donors (Lipinski definition) is 2. The average molecular weight is 280 g/mol. The number of carboxylic acids is 1. The molecule has 1 aliphatic rings. The molecule has 0 aliphatic heterocycles. The molecule has 1 atom stereocenters. The summed E-state index contributed by atoms with van der Waals surface area (Å²) in [6.07, 6.45) is 2.39. The van der Waals surface area contributed by atoms with E-state index in [1.54, 1.807) is 0 Å². The van der Waals surface area contributed by atoms with Crippen LogP contribution in [0.25, 0.3) is 0 Å². The topological polar surface area (TPSA) is 102 Å². The Labute approximate surface area is 115 Å². The number of aliphatic carboxylic acids is 1. The van der Waals surface area contributed by atoms with Gasteiger partial charge in [-0.2, -0.15) is 0 Å². The van der Waals surface area contributed by atoms with Crippen molar-refractivity contribution in [2.24, 2.45) is 0 Å². The monoisotopic (exact) mass is 280 g/mol. The molecule has 2 rings (SSSR count). The molecule has 1 aliphatic carbocycles. The van der Waals surface area contributed by atoms with Gasteiger partial charge in [0.1, 0.15) is 11.8 Å². The Morgan fingerprint density at radius 3 is 2.60 bits per heavy atom. The van der Waals surface area contributed by atoms with Crippen LogP contribution in [-0.4, -0.2) is 34.7 Å². The van der Waals surface area contributed by atoms with Crippen LogP contribution in [0.2, 0.25) is 0 Å². The molecular formula is C13H16N2O5. The van der Waals surface area contributed by atoms with Crippen molar-refractivity contribution >= 4 is 11.7 Å². The van der Waals surface area contributed by atoms with Gasteiger partial charge in [-0.25, -0.2) is 0 Å². The van der Waals surface area contributed by atoms with E-state index >= 15 is 0 Å². The van der Waals surface area contributed by atoms with Gasteiger partial charge in [0.25, 0.3) is 5.69 Å². The summed E-state index contributed by atoms with van der Waals surface area (Å²) in [5.74, 6) is -0.393. The lowest BCUT2D eigenvalue weighted by molar-refractivity contribution is -0.384. The molecular weight excluding hydrogens is 264 g/mol. The number of nitro groups is 1. The van der Waals surface area contributed by atoms with E-state index in [-0.39, 0.29) is 12.3 Å². The Morgan fingerprint density at radius 1 is 1.45 bits per heavy atom. The van der Waals surface area contributed by atoms with Crippen LogP contribution in [0.3, 0.4) is 0 Å². The summed E-state index contributed by atoms with van der Waals surface area (Å²) in [5.41, 5.74) is -0.00355. The van der Waals surface area contributed by atoms with Crippen LogP contribution in [0.4, 0.5) is 5.69 Å². The van der Waals surface area contributed by atoms with Crippen LogP contribution >= 0.6 is 0 Å². The molecule has 0 aromatic heterocycles. The summed E-state index contributed by atoms with van der Waals surface area (Å²) in [4.78, 5) is 21.0. The lowest BCUT2D eigenvalue weighted by Crippen LogP contribution is -2.39. The van der Waals surface area contributed by atoms with E-state index in [0.717, 1.165) is 12.8 Å². The number of carboxylic acid groups (broad SMARTS) is 1. The van der Waals surface area contributed by atoms with Gasteiger partial charge in [0.2, 0.25) is 0 Å². The van der Waals surface area contributed by atoms with Gasteiger partial charge in [-0.3, -0.25) is 14.9 Å². The van der Waals surface area contributed by atoms with Gasteiger partial charge in [-0.1, -0.05) is 0 Å². The summed E-state index contributed by atoms with van der Waals surface area (Å²) in [5, 5.41) is 22.6. The van der Waals surface area contributed by atoms with Gasteiger partial charge in [0, 0.05) is 24.6 Å². The highest BCUT2D eigenvalue weighted by atomic mass is 16.6. The zero-order valence-electron chi connectivity index (χ0n) is 10.8. The number of non-ortho nitro benzene ring substituents is 1. The normalized spacial score (nSPS) is 15.6. The third-order valence-electron chi connectivity index (χ3n) is 3.04. The van der Waals surface area contributed by atoms with Crippen molar-refractivity contribution in [3.63, 3.8) is 0 Å². The number of ether oxygens (including phenoxy) is 1. The number of carbonyl (C=O) groups is 1. The summed E-state index contributed by atoms with van der Waals surface area (Å²) >= 11 is 0. The zero-order chi connectivity index (χ0) is 14.5. The average Bonchev–Trinajstić information content (AvgIpc) is 3.22. The van der Waals surface area contributed by atoms with Crippen LogP contribution in [0.1, 0.15) is 19.3 Å². The van der Waals surface area contributed by atoms with Gasteiger partial charge >= 0.3 is 5.97 Å². The van der Waals surface area contributed by atoms with Crippen molar-refractivity contribution in [2.45, 2.75) is 31.3 Å². The summed E-state index contributed by atoms with van der Waals surface area (Å²) in [6.45, 7) is 0.245. The number of hydrogen-bond acceptors (Lipinski definition) is 5. The van der Waals surface area contributed by atoms with Crippen LogP contribution in [0.15, 0.2) is 24.3 Å². The van der Waals surface area contributed by atoms with E-state index in [2.05, 4.69) is 5.32 Å². The highest BCUT2D eigenvalue weighted by molar-refractivity contribution is 5.73. The van der Waals surface area contributed by atoms with Gasteiger partial charge in [-0.15, -0.1) is 0 Å². The molecule has 0 spiro atoms. The second-order valence-corrected chi connectivity index (χ2v) is 4.72. The van der Waals surface area contributed by atoms with E-state index < -0.39 is 16.9 Å². The number of nitro benzene ring substituents is 1. The minimum atomic E-state index is -0.885. The van der Waals surface area contributed by atoms with E-state index in [9.17, 15) is 14.9 Å². The van der Waals surface area contributed by atoms with Crippen molar-refractivity contribution < 1.29 is 19.6 Å². The fourth-order valence-corrected chi connectivity index (χ4v) is 1.77. The Balaban J connectivity index is 1.78. The standard InChI is InChI=1S/C13H16N2O5/c16-13(17)12(14-9-1-2-9)7-8-20-11-5-3-10(4-6-11)15(18)19/h3-6,9,12,14H,1-2,7-8H2,(H,16,17). The lowest BCUT2D eigenvalue weighted by atomic mass is 10.2. The van der Waals surface area contributed by atoms with E-state index in [4.69, 9.17) is 9.84 Å². The lowest BCUT2D eigenvalue weighted by Gasteiger charge is -2.14. The highest BCUT2D eigenvalue weighted by Gasteiger charge is 2.27. The minimum Gasteiger partial charge on any atom is -0.494 e. The second kappa shape index (κ2) is 6.33. The van der Waals surface area contributed by atoms with Crippen LogP contribution in [0, 0.1) is 10.1 Å². The quantitative estimate of drug-likeness (QED) is 0.553. The minimum absolute atomic E-state index is 0.00355. The van der Waals surface area contributed by atoms with Gasteiger partial charge < -0.3 is 15.2 Å². The van der Waals surface area contributed by atoms with Crippen LogP contribution in [0.5, 0.6) is 5.75 Å². The molecule has 0 bridgehead atoms. The smallest absolute Gasteiger partial charge is 0.320 e. The Bertz CT molecular complexity index is 484. The van der Waals surface area contributed by atoms with Crippen molar-refractivity contribution in [3.05, 3.63) is 34.4 Å². The summed E-state index contributed by atoms with van der Waals surface area (Å²) < 4.78 is 5.40. The van der Waals surface area contributed by atoms with Crippen molar-refractivity contribution in [1.82, 2.24) is 5.32 Å². The first kappa shape index (κ1) is 14.3. The largest absolute Gasteiger partial charge is 0.494 e. The number of rotatable bonds is 8. The fourth-order valence-electron chi connectivity index (χ4n) is 1.77. The molecule has 0 heterocycles. The van der Waals surface area contributed by atoms with Crippen LogP contribution in [-0.2, 0) is 4.79 Å². The molecule has 0 radical (unpaired) electrons. The number of nitrogens with zero attached hydrogens (tertiary/aromatic N) is 1. The summed E-state index contributed by atoms with van der Waals surface area (Å²) in [7, 11) is 0. The zero-order valence-corrected chi connectivity index (χ0v) is 10.8. The maximum absolute atomic E-state index is 11.0. The SMILES string of the molecule is O=C(O)C(CCOc1ccc([N+](=O)[O-])cc1)NC1CC1. The first-order valence-electron chi connectivity index (χ1n) is 6.42. The van der Waals surface area contributed by atoms with Gasteiger partial charge in [0.05, 0.1) is 11.5 Å². The molecule has 20 heavy (non-hydrogen) atoms. The van der Waals surface area contributed by atoms with Gasteiger partial charge in [0.15, 0.2) is 0 Å². The number of nitrogens with one attached hydrogen (secondary N) is 1. The second-order valence-electron chi connectivity index (χ2n) is 4.72. The van der Waals surface area contributed by atoms with E-state index in [1.165, 1.54) is 24.3 Å². The predicted octanol–water partition coefficient (Wildman–Crippen LogP) is 1.57. The first-order valence-corrected chi connectivity index (χ1v) is 6.42. The van der Waals surface area contributed by atoms with E-state index in [0.29, 0.717) is 18.2 Å². The molecule has 0 saturated heterocycles. The maximum Gasteiger partial charge on any atom is 0.320 e. The number of benzene rings is 1. The van der Waals surface area contributed by atoms with Crippen molar-refractivity contribution in [3.8, 4) is 5.75 Å². The maximum atomic E-state index is 11.0. The first-order chi connectivity index (χ1) is 9.56. The van der Waals surface area contributed by atoms with Crippen molar-refractivity contribution in [1.29, 1.82) is 0 Å². The Hall–Kier alpha value is -2.15. The Kier molecular flexibility index (Phi) is 4.52.